The SMILES string of the molecule is Cc1nc(C)c(COS(C)(=O)=O)o1. The van der Waals surface area contributed by atoms with Crippen LogP contribution < -0.4 is 0 Å². The van der Waals surface area contributed by atoms with Crippen LogP contribution in [-0.4, -0.2) is 19.7 Å². The quantitative estimate of drug-likeness (QED) is 0.681. The first kappa shape index (κ1) is 10.2. The molecule has 0 fully saturated rings. The average molecular weight is 205 g/mol. The summed E-state index contributed by atoms with van der Waals surface area (Å²) in [4.78, 5) is 3.97. The van der Waals surface area contributed by atoms with E-state index < -0.39 is 10.1 Å². The Balaban J connectivity index is 2.70. The first-order valence-corrected chi connectivity index (χ1v) is 5.47. The van der Waals surface area contributed by atoms with Gasteiger partial charge in [0.1, 0.15) is 6.61 Å². The molecule has 0 N–H and O–H groups in total. The molecule has 0 aliphatic rings. The van der Waals surface area contributed by atoms with Gasteiger partial charge in [0.2, 0.25) is 0 Å². The molecule has 0 atom stereocenters. The molecule has 0 spiro atoms. The predicted molar refractivity (Wildman–Crippen MR) is 45.6 cm³/mol. The third-order valence-electron chi connectivity index (χ3n) is 1.40. The summed E-state index contributed by atoms with van der Waals surface area (Å²) in [5, 5.41) is 0. The Kier molecular flexibility index (Phi) is 2.72. The maximum absolute atomic E-state index is 10.6. The number of hydrogen-bond donors (Lipinski definition) is 0. The van der Waals surface area contributed by atoms with Crippen LogP contribution in [0.4, 0.5) is 0 Å². The number of aromatic nitrogens is 1. The zero-order chi connectivity index (χ0) is 10.1. The molecule has 0 aromatic carbocycles. The van der Waals surface area contributed by atoms with E-state index in [-0.39, 0.29) is 6.61 Å². The monoisotopic (exact) mass is 205 g/mol. The highest BCUT2D eigenvalue weighted by Crippen LogP contribution is 2.11. The van der Waals surface area contributed by atoms with Gasteiger partial charge in [0.15, 0.2) is 11.7 Å². The fourth-order valence-corrected chi connectivity index (χ4v) is 1.19. The molecule has 0 saturated heterocycles. The van der Waals surface area contributed by atoms with Gasteiger partial charge in [0, 0.05) is 6.92 Å². The summed E-state index contributed by atoms with van der Waals surface area (Å²) < 4.78 is 30.9. The fraction of sp³-hybridized carbons (Fsp3) is 0.571. The Bertz CT molecular complexity index is 393. The molecule has 0 radical (unpaired) electrons. The van der Waals surface area contributed by atoms with Crippen LogP contribution in [0.3, 0.4) is 0 Å². The summed E-state index contributed by atoms with van der Waals surface area (Å²) in [6.07, 6.45) is 0.992. The van der Waals surface area contributed by atoms with E-state index in [1.807, 2.05) is 0 Å². The zero-order valence-corrected chi connectivity index (χ0v) is 8.51. The molecule has 0 unspecified atom stereocenters. The van der Waals surface area contributed by atoms with Crippen LogP contribution in [0, 0.1) is 13.8 Å². The van der Waals surface area contributed by atoms with Crippen molar-refractivity contribution in [1.82, 2.24) is 4.98 Å². The maximum Gasteiger partial charge on any atom is 0.264 e. The summed E-state index contributed by atoms with van der Waals surface area (Å²) in [5.74, 6) is 0.951. The highest BCUT2D eigenvalue weighted by atomic mass is 32.2. The highest BCUT2D eigenvalue weighted by molar-refractivity contribution is 7.85. The van der Waals surface area contributed by atoms with Gasteiger partial charge >= 0.3 is 0 Å². The minimum atomic E-state index is -3.42. The van der Waals surface area contributed by atoms with Crippen LogP contribution in [0.5, 0.6) is 0 Å². The van der Waals surface area contributed by atoms with Gasteiger partial charge in [-0.2, -0.15) is 8.42 Å². The van der Waals surface area contributed by atoms with E-state index in [1.165, 1.54) is 0 Å². The summed E-state index contributed by atoms with van der Waals surface area (Å²) in [7, 11) is -3.42. The predicted octanol–water partition coefficient (Wildman–Crippen LogP) is 0.768. The van der Waals surface area contributed by atoms with Crippen molar-refractivity contribution < 1.29 is 17.0 Å². The van der Waals surface area contributed by atoms with E-state index in [9.17, 15) is 8.42 Å². The molecule has 0 aliphatic carbocycles. The zero-order valence-electron chi connectivity index (χ0n) is 7.70. The van der Waals surface area contributed by atoms with Gasteiger partial charge in [-0.15, -0.1) is 0 Å². The summed E-state index contributed by atoms with van der Waals surface area (Å²) in [6, 6.07) is 0. The first-order chi connectivity index (χ1) is 5.88. The second-order valence-corrected chi connectivity index (χ2v) is 4.35. The van der Waals surface area contributed by atoms with Gasteiger partial charge in [-0.3, -0.25) is 4.18 Å². The van der Waals surface area contributed by atoms with Gasteiger partial charge in [-0.05, 0) is 6.92 Å². The molecule has 74 valence electrons. The van der Waals surface area contributed by atoms with E-state index in [0.29, 0.717) is 17.3 Å². The minimum absolute atomic E-state index is 0.0918. The molecule has 0 saturated carbocycles. The highest BCUT2D eigenvalue weighted by Gasteiger charge is 2.09. The number of oxazole rings is 1. The Labute approximate surface area is 76.9 Å². The molecule has 1 heterocycles. The van der Waals surface area contributed by atoms with Crippen molar-refractivity contribution in [2.75, 3.05) is 6.26 Å². The van der Waals surface area contributed by atoms with E-state index in [0.717, 1.165) is 6.26 Å². The van der Waals surface area contributed by atoms with Gasteiger partial charge in [0.05, 0.1) is 11.9 Å². The lowest BCUT2D eigenvalue weighted by atomic mass is 10.4. The Morgan fingerprint density at radius 3 is 2.46 bits per heavy atom. The number of nitrogens with zero attached hydrogens (tertiary/aromatic N) is 1. The van der Waals surface area contributed by atoms with Crippen molar-refractivity contribution in [3.8, 4) is 0 Å². The van der Waals surface area contributed by atoms with Crippen LogP contribution in [0.2, 0.25) is 0 Å². The molecule has 1 aromatic heterocycles. The molecule has 0 aliphatic heterocycles. The van der Waals surface area contributed by atoms with Gasteiger partial charge in [-0.1, -0.05) is 0 Å². The molecule has 0 bridgehead atoms. The Morgan fingerprint density at radius 2 is 2.08 bits per heavy atom. The largest absolute Gasteiger partial charge is 0.443 e. The lowest BCUT2D eigenvalue weighted by Crippen LogP contribution is -2.02. The van der Waals surface area contributed by atoms with Crippen molar-refractivity contribution in [3.63, 3.8) is 0 Å². The third kappa shape index (κ3) is 3.16. The number of hydrogen-bond acceptors (Lipinski definition) is 5. The smallest absolute Gasteiger partial charge is 0.264 e. The second kappa shape index (κ2) is 3.47. The molecule has 0 amide bonds. The minimum Gasteiger partial charge on any atom is -0.443 e. The normalized spacial score (nSPS) is 11.9. The van der Waals surface area contributed by atoms with E-state index in [2.05, 4.69) is 9.17 Å². The summed E-state index contributed by atoms with van der Waals surface area (Å²) in [5.41, 5.74) is 0.654. The van der Waals surface area contributed by atoms with E-state index in [4.69, 9.17) is 4.42 Å². The molecule has 5 nitrogen and oxygen atoms in total. The van der Waals surface area contributed by atoms with Gasteiger partial charge in [-0.25, -0.2) is 4.98 Å². The number of rotatable bonds is 3. The van der Waals surface area contributed by atoms with Gasteiger partial charge in [0.25, 0.3) is 10.1 Å². The summed E-state index contributed by atoms with van der Waals surface area (Å²) >= 11 is 0. The standard InChI is InChI=1S/C7H11NO4S/c1-5-7(12-6(2)8-5)4-11-13(3,9)10/h4H2,1-3H3. The van der Waals surface area contributed by atoms with Gasteiger partial charge < -0.3 is 4.42 Å². The fourth-order valence-electron chi connectivity index (χ4n) is 0.868. The number of aryl methyl sites for hydroxylation is 2. The maximum atomic E-state index is 10.6. The lowest BCUT2D eigenvalue weighted by Gasteiger charge is -1.97. The third-order valence-corrected chi connectivity index (χ3v) is 1.95. The van der Waals surface area contributed by atoms with Crippen molar-refractivity contribution in [2.45, 2.75) is 20.5 Å². The first-order valence-electron chi connectivity index (χ1n) is 3.66. The van der Waals surface area contributed by atoms with Crippen LogP contribution in [-0.2, 0) is 20.9 Å². The van der Waals surface area contributed by atoms with Crippen molar-refractivity contribution in [3.05, 3.63) is 17.3 Å². The van der Waals surface area contributed by atoms with Crippen LogP contribution in [0.25, 0.3) is 0 Å². The molecule has 1 aromatic rings. The van der Waals surface area contributed by atoms with Crippen molar-refractivity contribution in [1.29, 1.82) is 0 Å². The Morgan fingerprint density at radius 1 is 1.46 bits per heavy atom. The van der Waals surface area contributed by atoms with Crippen LogP contribution in [0.1, 0.15) is 17.3 Å². The Hall–Kier alpha value is -0.880. The van der Waals surface area contributed by atoms with Crippen LogP contribution >= 0.6 is 0 Å². The van der Waals surface area contributed by atoms with Crippen LogP contribution in [0.15, 0.2) is 4.42 Å². The molecule has 1 rings (SSSR count). The molecular weight excluding hydrogens is 194 g/mol. The van der Waals surface area contributed by atoms with E-state index in [1.54, 1.807) is 13.8 Å². The van der Waals surface area contributed by atoms with E-state index >= 15 is 0 Å². The molecular formula is C7H11NO4S. The van der Waals surface area contributed by atoms with Crippen molar-refractivity contribution >= 4 is 10.1 Å². The second-order valence-electron chi connectivity index (χ2n) is 2.71. The molecule has 13 heavy (non-hydrogen) atoms. The topological polar surface area (TPSA) is 69.4 Å². The average Bonchev–Trinajstić information content (AvgIpc) is 2.24. The molecule has 6 heteroatoms. The lowest BCUT2D eigenvalue weighted by molar-refractivity contribution is 0.273. The summed E-state index contributed by atoms with van der Waals surface area (Å²) in [6.45, 7) is 3.33. The van der Waals surface area contributed by atoms with Crippen molar-refractivity contribution in [2.24, 2.45) is 0 Å².